The van der Waals surface area contributed by atoms with Gasteiger partial charge in [0.1, 0.15) is 5.82 Å². The van der Waals surface area contributed by atoms with Crippen molar-refractivity contribution in [1.29, 1.82) is 0 Å². The Morgan fingerprint density at radius 2 is 2.00 bits per heavy atom. The maximum absolute atomic E-state index is 11.5. The van der Waals surface area contributed by atoms with Gasteiger partial charge in [-0.25, -0.2) is 14.5 Å². The molecular weight excluding hydrogens is 242 g/mol. The molecule has 1 aromatic heterocycles. The Morgan fingerprint density at radius 1 is 1.39 bits per heavy atom. The molecule has 0 aliphatic heterocycles. The molecule has 1 rings (SSSR count). The highest BCUT2D eigenvalue weighted by Gasteiger charge is 2.17. The van der Waals surface area contributed by atoms with E-state index in [1.54, 1.807) is 0 Å². The first-order valence-electron chi connectivity index (χ1n) is 5.19. The van der Waals surface area contributed by atoms with E-state index < -0.39 is 11.7 Å². The van der Waals surface area contributed by atoms with Crippen LogP contribution in [0.15, 0.2) is 10.9 Å². The number of hydrogen-bond donors (Lipinski definition) is 1. The van der Waals surface area contributed by atoms with Crippen molar-refractivity contribution >= 4 is 6.09 Å². The monoisotopic (exact) mass is 257 g/mol. The van der Waals surface area contributed by atoms with Gasteiger partial charge in [0.15, 0.2) is 0 Å². The van der Waals surface area contributed by atoms with E-state index in [-0.39, 0.29) is 11.8 Å². The Hall–Kier alpha value is -1.93. The van der Waals surface area contributed by atoms with Crippen LogP contribution in [-0.4, -0.2) is 35.5 Å². The summed E-state index contributed by atoms with van der Waals surface area (Å²) in [7, 11) is 2.46. The number of amides is 1. The molecule has 0 radical (unpaired) electrons. The van der Waals surface area contributed by atoms with Crippen LogP contribution in [0.4, 0.5) is 4.79 Å². The molecule has 1 aromatic rings. The molecule has 8 heteroatoms. The average molecular weight is 257 g/mol. The molecule has 0 atom stereocenters. The highest BCUT2D eigenvalue weighted by molar-refractivity contribution is 5.67. The fourth-order valence-electron chi connectivity index (χ4n) is 1.13. The van der Waals surface area contributed by atoms with E-state index in [0.29, 0.717) is 11.1 Å². The minimum absolute atomic E-state index is 0.00250. The first-order chi connectivity index (χ1) is 8.47. The lowest BCUT2D eigenvalue weighted by atomic mass is 10.2. The molecule has 0 aliphatic carbocycles. The van der Waals surface area contributed by atoms with Crippen molar-refractivity contribution in [3.63, 3.8) is 0 Å². The topological polar surface area (TPSA) is 93.7 Å². The zero-order chi connectivity index (χ0) is 13.7. The molecule has 0 spiro atoms. The van der Waals surface area contributed by atoms with Crippen LogP contribution < -0.4 is 10.3 Å². The maximum atomic E-state index is 11.5. The molecule has 0 saturated carbocycles. The van der Waals surface area contributed by atoms with Crippen LogP contribution in [0.5, 0.6) is 5.88 Å². The third-order valence-corrected chi connectivity index (χ3v) is 1.96. The van der Waals surface area contributed by atoms with Crippen LogP contribution in [0.25, 0.3) is 0 Å². The average Bonchev–Trinajstić information content (AvgIpc) is 2.29. The summed E-state index contributed by atoms with van der Waals surface area (Å²) in [6.07, 6.45) is -0.937. The van der Waals surface area contributed by atoms with Crippen molar-refractivity contribution in [2.75, 3.05) is 14.2 Å². The Bertz CT molecular complexity index is 467. The molecule has 18 heavy (non-hydrogen) atoms. The number of rotatable bonds is 4. The summed E-state index contributed by atoms with van der Waals surface area (Å²) in [5, 5.41) is 0.512. The second-order valence-electron chi connectivity index (χ2n) is 3.61. The van der Waals surface area contributed by atoms with Crippen molar-refractivity contribution in [2.24, 2.45) is 0 Å². The maximum Gasteiger partial charge on any atom is 0.466 e. The lowest BCUT2D eigenvalue weighted by Crippen LogP contribution is -2.32. The quantitative estimate of drug-likeness (QED) is 0.802. The first-order valence-corrected chi connectivity index (χ1v) is 5.19. The van der Waals surface area contributed by atoms with Crippen molar-refractivity contribution in [2.45, 2.75) is 19.8 Å². The zero-order valence-electron chi connectivity index (χ0n) is 10.6. The molecule has 100 valence electrons. The van der Waals surface area contributed by atoms with Gasteiger partial charge in [-0.05, 0) is 5.23 Å². The van der Waals surface area contributed by atoms with E-state index in [2.05, 4.69) is 19.6 Å². The number of carbonyl (C=O) groups is 1. The zero-order valence-corrected chi connectivity index (χ0v) is 10.6. The number of H-pyrrole nitrogens is 1. The second kappa shape index (κ2) is 6.12. The molecule has 0 saturated heterocycles. The third-order valence-electron chi connectivity index (χ3n) is 1.96. The lowest BCUT2D eigenvalue weighted by molar-refractivity contribution is -0.305. The second-order valence-corrected chi connectivity index (χ2v) is 3.61. The van der Waals surface area contributed by atoms with Crippen LogP contribution in [0, 0.1) is 0 Å². The van der Waals surface area contributed by atoms with E-state index in [1.165, 1.54) is 14.2 Å². The molecule has 0 bridgehead atoms. The first kappa shape index (κ1) is 14.1. The molecule has 0 aliphatic rings. The SMILES string of the molecule is CON(OC)C(=O)Oc1cc(=O)[nH]c(C(C)C)n1. The van der Waals surface area contributed by atoms with Gasteiger partial charge in [-0.3, -0.25) is 4.79 Å². The normalized spacial score (nSPS) is 10.5. The molecule has 0 unspecified atom stereocenters. The number of nitrogens with one attached hydrogen (secondary N) is 1. The third kappa shape index (κ3) is 3.54. The number of aromatic amines is 1. The molecule has 1 N–H and O–H groups in total. The highest BCUT2D eigenvalue weighted by atomic mass is 17.0. The summed E-state index contributed by atoms with van der Waals surface area (Å²) in [6, 6.07) is 1.06. The molecular formula is C10H15N3O5. The number of hydroxylamine groups is 2. The largest absolute Gasteiger partial charge is 0.466 e. The minimum Gasteiger partial charge on any atom is -0.388 e. The Balaban J connectivity index is 2.91. The number of nitrogens with zero attached hydrogens (tertiary/aromatic N) is 2. The van der Waals surface area contributed by atoms with Crippen molar-refractivity contribution in [3.05, 3.63) is 22.2 Å². The number of carbonyl (C=O) groups excluding carboxylic acids is 1. The van der Waals surface area contributed by atoms with E-state index in [0.717, 1.165) is 6.07 Å². The van der Waals surface area contributed by atoms with Crippen LogP contribution in [-0.2, 0) is 9.68 Å². The van der Waals surface area contributed by atoms with E-state index in [4.69, 9.17) is 4.74 Å². The van der Waals surface area contributed by atoms with Gasteiger partial charge in [-0.15, -0.1) is 0 Å². The van der Waals surface area contributed by atoms with Gasteiger partial charge in [-0.2, -0.15) is 4.98 Å². The summed E-state index contributed by atoms with van der Waals surface area (Å²) < 4.78 is 4.84. The van der Waals surface area contributed by atoms with Crippen LogP contribution in [0.1, 0.15) is 25.6 Å². The summed E-state index contributed by atoms with van der Waals surface area (Å²) in [5.74, 6) is 0.301. The van der Waals surface area contributed by atoms with Gasteiger partial charge >= 0.3 is 6.09 Å². The molecule has 1 heterocycles. The van der Waals surface area contributed by atoms with Crippen LogP contribution in [0.3, 0.4) is 0 Å². The minimum atomic E-state index is -0.937. The van der Waals surface area contributed by atoms with Gasteiger partial charge in [0.25, 0.3) is 5.56 Å². The van der Waals surface area contributed by atoms with Gasteiger partial charge in [0, 0.05) is 5.92 Å². The summed E-state index contributed by atoms with van der Waals surface area (Å²) in [4.78, 5) is 38.5. The van der Waals surface area contributed by atoms with Crippen molar-refractivity contribution in [1.82, 2.24) is 15.2 Å². The smallest absolute Gasteiger partial charge is 0.388 e. The number of hydrogen-bond acceptors (Lipinski definition) is 6. The van der Waals surface area contributed by atoms with Gasteiger partial charge in [-0.1, -0.05) is 13.8 Å². The fraction of sp³-hybridized carbons (Fsp3) is 0.500. The molecule has 8 nitrogen and oxygen atoms in total. The van der Waals surface area contributed by atoms with Gasteiger partial charge in [0.05, 0.1) is 20.3 Å². The Kier molecular flexibility index (Phi) is 4.81. The standard InChI is InChI=1S/C10H15N3O5/c1-6(2)9-11-7(14)5-8(12-9)18-10(15)13(16-3)17-4/h5-6H,1-4H3,(H,11,12,14). The van der Waals surface area contributed by atoms with E-state index >= 15 is 0 Å². The summed E-state index contributed by atoms with van der Waals surface area (Å²) in [6.45, 7) is 3.70. The van der Waals surface area contributed by atoms with E-state index in [1.807, 2.05) is 13.8 Å². The highest BCUT2D eigenvalue weighted by Crippen LogP contribution is 2.11. The van der Waals surface area contributed by atoms with Crippen LogP contribution >= 0.6 is 0 Å². The summed E-state index contributed by atoms with van der Waals surface area (Å²) in [5.41, 5.74) is -0.405. The predicted octanol–water partition coefficient (Wildman–Crippen LogP) is 0.817. The van der Waals surface area contributed by atoms with Gasteiger partial charge in [0.2, 0.25) is 5.88 Å². The summed E-state index contributed by atoms with van der Waals surface area (Å²) >= 11 is 0. The molecule has 0 fully saturated rings. The van der Waals surface area contributed by atoms with E-state index in [9.17, 15) is 9.59 Å². The molecule has 0 aromatic carbocycles. The number of ether oxygens (including phenoxy) is 1. The number of aromatic nitrogens is 2. The fourth-order valence-corrected chi connectivity index (χ4v) is 1.13. The predicted molar refractivity (Wildman–Crippen MR) is 60.8 cm³/mol. The lowest BCUT2D eigenvalue weighted by Gasteiger charge is -2.15. The van der Waals surface area contributed by atoms with Gasteiger partial charge < -0.3 is 9.72 Å². The Labute approximate surface area is 103 Å². The Morgan fingerprint density at radius 3 is 2.50 bits per heavy atom. The van der Waals surface area contributed by atoms with Crippen molar-refractivity contribution in [3.8, 4) is 5.88 Å². The van der Waals surface area contributed by atoms with Crippen LogP contribution in [0.2, 0.25) is 0 Å². The molecule has 1 amide bonds. The van der Waals surface area contributed by atoms with Crippen molar-refractivity contribution < 1.29 is 19.2 Å².